The van der Waals surface area contributed by atoms with E-state index in [1.807, 2.05) is 71.6 Å². The van der Waals surface area contributed by atoms with E-state index in [4.69, 9.17) is 0 Å². The predicted molar refractivity (Wildman–Crippen MR) is 122 cm³/mol. The van der Waals surface area contributed by atoms with E-state index in [0.29, 0.717) is 32.6 Å². The number of hydrogen-bond donors (Lipinski definition) is 3. The highest BCUT2D eigenvalue weighted by Crippen LogP contribution is 2.17. The number of aliphatic hydroxyl groups excluding tert-OH is 1. The highest BCUT2D eigenvalue weighted by Gasteiger charge is 2.27. The van der Waals surface area contributed by atoms with Gasteiger partial charge in [-0.1, -0.05) is 60.7 Å². The average Bonchev–Trinajstić information content (AvgIpc) is 2.82. The fourth-order valence-electron chi connectivity index (χ4n) is 3.66. The summed E-state index contributed by atoms with van der Waals surface area (Å²) in [7, 11) is 0. The molecule has 1 fully saturated rings. The van der Waals surface area contributed by atoms with Gasteiger partial charge in [0.1, 0.15) is 0 Å². The van der Waals surface area contributed by atoms with Crippen molar-refractivity contribution in [2.24, 2.45) is 0 Å². The van der Waals surface area contributed by atoms with Gasteiger partial charge >= 0.3 is 0 Å². The zero-order valence-corrected chi connectivity index (χ0v) is 17.7. The molecule has 3 N–H and O–H groups in total. The normalized spacial score (nSPS) is 21.6. The highest BCUT2D eigenvalue weighted by molar-refractivity contribution is 5.91. The van der Waals surface area contributed by atoms with E-state index < -0.39 is 18.1 Å². The molecular formula is C25H31N3O3. The SMILES string of the molecule is O=C1NCCCN(C(=O)C=Cc2ccccc2)CCCCNC(c2ccccc2)C1O. The minimum absolute atomic E-state index is 0.0276. The lowest BCUT2D eigenvalue weighted by molar-refractivity contribution is -0.130. The first-order chi connectivity index (χ1) is 15.1. The lowest BCUT2D eigenvalue weighted by Crippen LogP contribution is -2.44. The van der Waals surface area contributed by atoms with Crippen LogP contribution in [0.3, 0.4) is 0 Å². The molecule has 164 valence electrons. The van der Waals surface area contributed by atoms with Gasteiger partial charge in [0, 0.05) is 25.7 Å². The van der Waals surface area contributed by atoms with Crippen molar-refractivity contribution in [3.8, 4) is 0 Å². The number of carbonyl (C=O) groups is 2. The molecule has 0 radical (unpaired) electrons. The lowest BCUT2D eigenvalue weighted by Gasteiger charge is -2.24. The minimum atomic E-state index is -1.17. The smallest absolute Gasteiger partial charge is 0.250 e. The third kappa shape index (κ3) is 7.05. The van der Waals surface area contributed by atoms with E-state index >= 15 is 0 Å². The van der Waals surface area contributed by atoms with E-state index in [1.165, 1.54) is 0 Å². The maximum absolute atomic E-state index is 12.7. The second kappa shape index (κ2) is 12.0. The first kappa shape index (κ1) is 22.7. The van der Waals surface area contributed by atoms with Crippen LogP contribution in [-0.2, 0) is 9.59 Å². The van der Waals surface area contributed by atoms with Gasteiger partial charge in [-0.3, -0.25) is 9.59 Å². The molecule has 1 saturated heterocycles. The number of nitrogens with zero attached hydrogens (tertiary/aromatic N) is 1. The molecular weight excluding hydrogens is 390 g/mol. The van der Waals surface area contributed by atoms with Gasteiger partial charge in [-0.15, -0.1) is 0 Å². The van der Waals surface area contributed by atoms with Gasteiger partial charge in [-0.05, 0) is 43.0 Å². The number of carbonyl (C=O) groups excluding carboxylic acids is 2. The Hall–Kier alpha value is -2.96. The second-order valence-corrected chi connectivity index (χ2v) is 7.71. The summed E-state index contributed by atoms with van der Waals surface area (Å²) in [5.74, 6) is -0.428. The van der Waals surface area contributed by atoms with Crippen molar-refractivity contribution in [2.45, 2.75) is 31.4 Å². The van der Waals surface area contributed by atoms with Crippen LogP contribution in [0.4, 0.5) is 0 Å². The van der Waals surface area contributed by atoms with E-state index in [9.17, 15) is 14.7 Å². The molecule has 2 aromatic rings. The summed E-state index contributed by atoms with van der Waals surface area (Å²) >= 11 is 0. The molecule has 2 atom stereocenters. The Morgan fingerprint density at radius 1 is 0.935 bits per heavy atom. The van der Waals surface area contributed by atoms with Gasteiger partial charge in [0.2, 0.25) is 5.91 Å². The fourth-order valence-corrected chi connectivity index (χ4v) is 3.66. The molecule has 6 nitrogen and oxygen atoms in total. The molecule has 0 aliphatic carbocycles. The van der Waals surface area contributed by atoms with Crippen LogP contribution in [0.15, 0.2) is 66.7 Å². The van der Waals surface area contributed by atoms with Crippen LogP contribution in [0.1, 0.15) is 36.4 Å². The van der Waals surface area contributed by atoms with Gasteiger partial charge in [0.25, 0.3) is 5.91 Å². The Balaban J connectivity index is 1.62. The Morgan fingerprint density at radius 2 is 1.61 bits per heavy atom. The quantitative estimate of drug-likeness (QED) is 0.666. The van der Waals surface area contributed by atoms with Gasteiger partial charge in [-0.2, -0.15) is 0 Å². The summed E-state index contributed by atoms with van der Waals surface area (Å²) in [6.45, 7) is 2.27. The van der Waals surface area contributed by atoms with Crippen LogP contribution in [0.25, 0.3) is 6.08 Å². The molecule has 0 spiro atoms. The Morgan fingerprint density at radius 3 is 2.35 bits per heavy atom. The molecule has 0 bridgehead atoms. The van der Waals surface area contributed by atoms with Crippen LogP contribution < -0.4 is 10.6 Å². The number of benzene rings is 2. The zero-order valence-electron chi connectivity index (χ0n) is 17.7. The van der Waals surface area contributed by atoms with Crippen molar-refractivity contribution in [1.82, 2.24) is 15.5 Å². The monoisotopic (exact) mass is 421 g/mol. The number of amides is 2. The Labute approximate surface area is 184 Å². The summed E-state index contributed by atoms with van der Waals surface area (Å²) in [6, 6.07) is 18.8. The first-order valence-corrected chi connectivity index (χ1v) is 10.9. The summed E-state index contributed by atoms with van der Waals surface area (Å²) in [6.07, 6.45) is 4.58. The highest BCUT2D eigenvalue weighted by atomic mass is 16.3. The molecule has 6 heteroatoms. The topological polar surface area (TPSA) is 81.7 Å². The van der Waals surface area contributed by atoms with E-state index in [0.717, 1.165) is 24.0 Å². The second-order valence-electron chi connectivity index (χ2n) is 7.71. The van der Waals surface area contributed by atoms with Crippen molar-refractivity contribution in [3.05, 3.63) is 77.9 Å². The van der Waals surface area contributed by atoms with Gasteiger partial charge < -0.3 is 20.6 Å². The van der Waals surface area contributed by atoms with Crippen molar-refractivity contribution < 1.29 is 14.7 Å². The summed E-state index contributed by atoms with van der Waals surface area (Å²) in [5, 5.41) is 16.7. The third-order valence-electron chi connectivity index (χ3n) is 5.40. The van der Waals surface area contributed by atoms with E-state index in [1.54, 1.807) is 6.08 Å². The lowest BCUT2D eigenvalue weighted by atomic mass is 10.0. The molecule has 3 rings (SSSR count). The van der Waals surface area contributed by atoms with Crippen molar-refractivity contribution in [3.63, 3.8) is 0 Å². The molecule has 2 amide bonds. The van der Waals surface area contributed by atoms with Crippen LogP contribution in [0.2, 0.25) is 0 Å². The molecule has 1 aliphatic heterocycles. The molecule has 1 aliphatic rings. The summed E-state index contributed by atoms with van der Waals surface area (Å²) < 4.78 is 0. The number of rotatable bonds is 3. The number of nitrogens with one attached hydrogen (secondary N) is 2. The van der Waals surface area contributed by atoms with Crippen LogP contribution in [0.5, 0.6) is 0 Å². The van der Waals surface area contributed by atoms with Gasteiger partial charge in [0.05, 0.1) is 6.04 Å². The Kier molecular flexibility index (Phi) is 8.82. The zero-order chi connectivity index (χ0) is 21.9. The predicted octanol–water partition coefficient (Wildman–Crippen LogP) is 2.52. The van der Waals surface area contributed by atoms with Gasteiger partial charge in [-0.25, -0.2) is 0 Å². The largest absolute Gasteiger partial charge is 0.381 e. The molecule has 0 saturated carbocycles. The maximum atomic E-state index is 12.7. The Bertz CT molecular complexity index is 855. The van der Waals surface area contributed by atoms with Crippen molar-refractivity contribution in [1.29, 1.82) is 0 Å². The average molecular weight is 422 g/mol. The molecule has 2 unspecified atom stereocenters. The number of aliphatic hydroxyl groups is 1. The van der Waals surface area contributed by atoms with E-state index in [2.05, 4.69) is 10.6 Å². The molecule has 31 heavy (non-hydrogen) atoms. The van der Waals surface area contributed by atoms with Crippen molar-refractivity contribution in [2.75, 3.05) is 26.2 Å². The molecule has 1 heterocycles. The summed E-state index contributed by atoms with van der Waals surface area (Å²) in [5.41, 5.74) is 1.86. The molecule has 2 aromatic carbocycles. The standard InChI is InChI=1S/C25H31N3O3/c29-22(15-14-20-10-3-1-4-11-20)28-18-8-7-16-26-23(21-12-5-2-6-13-21)24(30)25(31)27-17-9-19-28/h1-6,10-15,23-24,26,30H,7-9,16-19H2,(H,27,31). The van der Waals surface area contributed by atoms with Crippen LogP contribution in [-0.4, -0.2) is 54.1 Å². The minimum Gasteiger partial charge on any atom is -0.381 e. The third-order valence-corrected chi connectivity index (χ3v) is 5.40. The van der Waals surface area contributed by atoms with Crippen LogP contribution >= 0.6 is 0 Å². The van der Waals surface area contributed by atoms with Gasteiger partial charge in [0.15, 0.2) is 6.10 Å². The van der Waals surface area contributed by atoms with E-state index in [-0.39, 0.29) is 5.91 Å². The fraction of sp³-hybridized carbons (Fsp3) is 0.360. The first-order valence-electron chi connectivity index (χ1n) is 10.9. The van der Waals surface area contributed by atoms with Crippen LogP contribution in [0, 0.1) is 0 Å². The maximum Gasteiger partial charge on any atom is 0.250 e. The van der Waals surface area contributed by atoms with Crippen molar-refractivity contribution >= 4 is 17.9 Å². The number of hydrogen-bond acceptors (Lipinski definition) is 4. The molecule has 0 aromatic heterocycles. The summed E-state index contributed by atoms with van der Waals surface area (Å²) in [4.78, 5) is 27.0.